The van der Waals surface area contributed by atoms with Gasteiger partial charge in [0.1, 0.15) is 28.2 Å². The van der Waals surface area contributed by atoms with Crippen LogP contribution in [-0.4, -0.2) is 19.9 Å². The zero-order chi connectivity index (χ0) is 61.3. The monoisotopic (exact) mass is 1140 g/mol. The van der Waals surface area contributed by atoms with Crippen molar-refractivity contribution in [2.24, 2.45) is 40.0 Å². The van der Waals surface area contributed by atoms with Crippen molar-refractivity contribution in [2.75, 3.05) is 0 Å². The van der Waals surface area contributed by atoms with Crippen molar-refractivity contribution in [2.45, 2.75) is 108 Å². The van der Waals surface area contributed by atoms with Crippen molar-refractivity contribution in [3.05, 3.63) is 240 Å². The molecule has 0 spiro atoms. The lowest BCUT2D eigenvalue weighted by Gasteiger charge is -2.10. The number of aryl methyl sites for hydroxylation is 8. The Kier molecular flexibility index (Phi) is 19.7. The quantitative estimate of drug-likeness (QED) is 0.128. The largest absolute Gasteiger partial charge is 0.260 e. The zero-order valence-corrected chi connectivity index (χ0v) is 53.8. The van der Waals surface area contributed by atoms with Crippen LogP contribution in [0.5, 0.6) is 0 Å². The summed E-state index contributed by atoms with van der Waals surface area (Å²) in [5.74, 6) is 2.15. The third kappa shape index (κ3) is 14.1. The SMILES string of the molecule is Cc1ccccc1-c1c2cc(C(C)C)ncc2cc[n+]1C.Cc1ccccc1-c1c2cc(CC(C)C)cnc2cc[n+]1C.Cc1ccccc1-c1c2ccc(C(C)C)nc2cc[n+]1C.Cc1ccccc1-c1c2ccc(CC(C)C)nc2cc[n+]1C. The van der Waals surface area contributed by atoms with Gasteiger partial charge >= 0.3 is 0 Å². The summed E-state index contributed by atoms with van der Waals surface area (Å²) in [6.07, 6.45) is 14.5. The molecule has 12 rings (SSSR count). The van der Waals surface area contributed by atoms with Gasteiger partial charge in [0.15, 0.2) is 24.8 Å². The normalized spacial score (nSPS) is 11.3. The molecule has 0 aliphatic carbocycles. The molecule has 8 heterocycles. The fraction of sp³-hybridized carbons (Fsp3) is 0.282. The summed E-state index contributed by atoms with van der Waals surface area (Å²) in [4.78, 5) is 18.9. The van der Waals surface area contributed by atoms with Crippen LogP contribution >= 0.6 is 0 Å². The van der Waals surface area contributed by atoms with E-state index >= 15 is 0 Å². The van der Waals surface area contributed by atoms with E-state index in [1.807, 2.05) is 12.4 Å². The molecule has 8 nitrogen and oxygen atoms in total. The number of fused-ring (bicyclic) bond motifs is 4. The highest BCUT2D eigenvalue weighted by atomic mass is 14.9. The smallest absolute Gasteiger partial charge is 0.222 e. The van der Waals surface area contributed by atoms with Gasteiger partial charge in [0.2, 0.25) is 22.8 Å². The van der Waals surface area contributed by atoms with Gasteiger partial charge in [-0.3, -0.25) is 19.9 Å². The van der Waals surface area contributed by atoms with Crippen LogP contribution in [0.3, 0.4) is 0 Å². The summed E-state index contributed by atoms with van der Waals surface area (Å²) in [5, 5.41) is 6.12. The second-order valence-electron chi connectivity index (χ2n) is 24.7. The molecule has 0 radical (unpaired) electrons. The maximum absolute atomic E-state index is 4.86. The van der Waals surface area contributed by atoms with Gasteiger partial charge in [-0.1, -0.05) is 128 Å². The first-order valence-electron chi connectivity index (χ1n) is 30.6. The average molecular weight is 1140 g/mol. The number of rotatable bonds is 10. The van der Waals surface area contributed by atoms with Crippen LogP contribution in [0.25, 0.3) is 88.5 Å². The number of pyridine rings is 8. The predicted octanol–water partition coefficient (Wildman–Crippen LogP) is 16.8. The molecule has 0 saturated heterocycles. The molecular weight excluding hydrogens is 1050 g/mol. The van der Waals surface area contributed by atoms with Crippen molar-refractivity contribution in [1.29, 1.82) is 0 Å². The lowest BCUT2D eigenvalue weighted by Crippen LogP contribution is -2.30. The van der Waals surface area contributed by atoms with Crippen LogP contribution in [0.4, 0.5) is 0 Å². The van der Waals surface area contributed by atoms with Gasteiger partial charge in [-0.05, 0) is 153 Å². The molecule has 0 amide bonds. The van der Waals surface area contributed by atoms with Gasteiger partial charge in [0, 0.05) is 81.4 Å². The molecule has 0 fully saturated rings. The molecule has 0 N–H and O–H groups in total. The molecule has 8 aromatic heterocycles. The second kappa shape index (κ2) is 27.4. The molecule has 8 heteroatoms. The van der Waals surface area contributed by atoms with E-state index in [2.05, 4.69) is 322 Å². The van der Waals surface area contributed by atoms with Crippen LogP contribution in [0.2, 0.25) is 0 Å². The average Bonchev–Trinajstić information content (AvgIpc) is 1.75. The minimum atomic E-state index is 0.435. The lowest BCUT2D eigenvalue weighted by atomic mass is 9.98. The highest BCUT2D eigenvalue weighted by Gasteiger charge is 2.22. The molecular formula is C78H88N8+4. The molecule has 12 aromatic rings. The molecule has 0 aliphatic rings. The lowest BCUT2D eigenvalue weighted by molar-refractivity contribution is -0.659. The Hall–Kier alpha value is -8.88. The van der Waals surface area contributed by atoms with Crippen LogP contribution < -0.4 is 18.3 Å². The van der Waals surface area contributed by atoms with Crippen molar-refractivity contribution >= 4 is 43.5 Å². The number of aromatic nitrogens is 8. The number of nitrogens with zero attached hydrogens (tertiary/aromatic N) is 8. The van der Waals surface area contributed by atoms with E-state index in [1.165, 1.54) is 105 Å². The molecule has 436 valence electrons. The Labute approximate surface area is 511 Å². The number of hydrogen-bond acceptors (Lipinski definition) is 4. The minimum absolute atomic E-state index is 0.435. The first-order valence-corrected chi connectivity index (χ1v) is 30.6. The number of hydrogen-bond donors (Lipinski definition) is 0. The van der Waals surface area contributed by atoms with Gasteiger partial charge in [0.25, 0.3) is 0 Å². The first kappa shape index (κ1) is 61.7. The van der Waals surface area contributed by atoms with E-state index in [9.17, 15) is 0 Å². The molecule has 86 heavy (non-hydrogen) atoms. The minimum Gasteiger partial charge on any atom is -0.260 e. The first-order chi connectivity index (χ1) is 41.3. The van der Waals surface area contributed by atoms with E-state index in [0.29, 0.717) is 23.7 Å². The van der Waals surface area contributed by atoms with Crippen LogP contribution in [-0.2, 0) is 41.0 Å². The van der Waals surface area contributed by atoms with E-state index in [4.69, 9.17) is 9.97 Å². The Bertz CT molecular complexity index is 4360. The molecule has 0 aliphatic heterocycles. The Morgan fingerprint density at radius 1 is 0.349 bits per heavy atom. The fourth-order valence-electron chi connectivity index (χ4n) is 11.6. The highest BCUT2D eigenvalue weighted by Crippen LogP contribution is 2.33. The molecule has 0 unspecified atom stereocenters. The molecule has 0 atom stereocenters. The third-order valence-electron chi connectivity index (χ3n) is 16.2. The van der Waals surface area contributed by atoms with Gasteiger partial charge in [-0.25, -0.2) is 18.3 Å². The summed E-state index contributed by atoms with van der Waals surface area (Å²) >= 11 is 0. The van der Waals surface area contributed by atoms with Crippen molar-refractivity contribution in [3.63, 3.8) is 0 Å². The number of benzene rings is 4. The molecule has 0 bridgehead atoms. The van der Waals surface area contributed by atoms with Crippen LogP contribution in [0.15, 0.2) is 195 Å². The standard InChI is InChI=1S/2C20H23N2.2C19H21N2/c1-14(2)11-16-12-18-19(21-13-16)9-10-22(4)20(18)17-8-6-5-7-15(17)3;1-14(2)13-16-9-10-18-19(21-16)11-12-22(4)20(18)17-8-6-5-7-15(17)3;1-13(2)18-11-17-15(12-20-18)9-10-21(4)19(17)16-8-6-5-7-14(16)3;1-13(2)17-10-9-16-18(20-17)11-12-21(4)19(16)15-8-6-5-7-14(15)3/h5-10,12-14H,11H2,1-4H3;5-12,14H,13H2,1-4H3;2*5-13H,1-4H3/q4*+1. The fourth-order valence-corrected chi connectivity index (χ4v) is 11.6. The van der Waals surface area contributed by atoms with Gasteiger partial charge < -0.3 is 0 Å². The summed E-state index contributed by atoms with van der Waals surface area (Å²) in [6.45, 7) is 26.3. The molecule has 0 saturated carbocycles. The van der Waals surface area contributed by atoms with E-state index in [0.717, 1.165) is 40.8 Å². The second-order valence-corrected chi connectivity index (χ2v) is 24.7. The van der Waals surface area contributed by atoms with Gasteiger partial charge in [0.05, 0.1) is 38.1 Å². The predicted molar refractivity (Wildman–Crippen MR) is 358 cm³/mol. The Morgan fingerprint density at radius 3 is 1.21 bits per heavy atom. The Morgan fingerprint density at radius 2 is 0.756 bits per heavy atom. The summed E-state index contributed by atoms with van der Waals surface area (Å²) in [5.41, 5.74) is 23.2. The van der Waals surface area contributed by atoms with Crippen LogP contribution in [0, 0.1) is 39.5 Å². The van der Waals surface area contributed by atoms with Crippen LogP contribution in [0.1, 0.15) is 112 Å². The van der Waals surface area contributed by atoms with Gasteiger partial charge in [-0.2, -0.15) is 0 Å². The van der Waals surface area contributed by atoms with Crippen molar-refractivity contribution in [3.8, 4) is 45.0 Å². The summed E-state index contributed by atoms with van der Waals surface area (Å²) in [7, 11) is 8.41. The van der Waals surface area contributed by atoms with Crippen molar-refractivity contribution in [1.82, 2.24) is 19.9 Å². The highest BCUT2D eigenvalue weighted by molar-refractivity contribution is 5.95. The van der Waals surface area contributed by atoms with Gasteiger partial charge in [-0.15, -0.1) is 0 Å². The summed E-state index contributed by atoms with van der Waals surface area (Å²) in [6, 6.07) is 55.9. The molecule has 4 aromatic carbocycles. The maximum Gasteiger partial charge on any atom is 0.222 e. The third-order valence-corrected chi connectivity index (χ3v) is 16.2. The summed E-state index contributed by atoms with van der Waals surface area (Å²) < 4.78 is 8.77. The van der Waals surface area contributed by atoms with Crippen molar-refractivity contribution < 1.29 is 18.3 Å². The zero-order valence-electron chi connectivity index (χ0n) is 53.8. The maximum atomic E-state index is 4.86. The topological polar surface area (TPSA) is 67.1 Å². The van der Waals surface area contributed by atoms with E-state index in [1.54, 1.807) is 0 Å². The van der Waals surface area contributed by atoms with E-state index < -0.39 is 0 Å². The Balaban J connectivity index is 0.000000137. The van der Waals surface area contributed by atoms with E-state index in [-0.39, 0.29) is 0 Å².